The molecule has 0 heterocycles. The average molecular weight is 1850 g/mol. The van der Waals surface area contributed by atoms with Gasteiger partial charge in [-0.05, 0) is 217 Å². The molecule has 8 atom stereocenters. The van der Waals surface area contributed by atoms with Crippen molar-refractivity contribution in [3.05, 3.63) is 289 Å². The van der Waals surface area contributed by atoms with Crippen LogP contribution in [0.2, 0.25) is 0 Å². The van der Waals surface area contributed by atoms with E-state index in [9.17, 15) is 33.7 Å². The fraction of sp³-hybridized carbons (Fsp3) is 0.440. The molecule has 0 amide bonds. The summed E-state index contributed by atoms with van der Waals surface area (Å²) in [5.74, 6) is 5.53. The number of hydrogen-bond donors (Lipinski definition) is 0. The van der Waals surface area contributed by atoms with E-state index in [1.54, 1.807) is 127 Å². The molecule has 8 aromatic rings. The Morgan fingerprint density at radius 3 is 0.438 bits per heavy atom. The summed E-state index contributed by atoms with van der Waals surface area (Å²) in [6, 6.07) is 59.8. The van der Waals surface area contributed by atoms with E-state index in [1.165, 1.54) is 0 Å². The molecule has 0 fully saturated rings. The molecule has 0 aliphatic carbocycles. The van der Waals surface area contributed by atoms with Gasteiger partial charge in [-0.2, -0.15) is 17.2 Å². The summed E-state index contributed by atoms with van der Waals surface area (Å²) in [6.07, 6.45) is 11.3. The minimum atomic E-state index is -3.64. The first-order valence-corrected chi connectivity index (χ1v) is 48.8. The van der Waals surface area contributed by atoms with Gasteiger partial charge in [0, 0.05) is 107 Å². The Bertz CT molecular complexity index is 4130. The van der Waals surface area contributed by atoms with E-state index >= 15 is 0 Å². The van der Waals surface area contributed by atoms with Crippen LogP contribution < -0.4 is 37.9 Å². The Kier molecular flexibility index (Phi) is 49.1. The number of benzene rings is 8. The van der Waals surface area contributed by atoms with Crippen molar-refractivity contribution in [2.75, 3.05) is 112 Å². The van der Waals surface area contributed by atoms with Gasteiger partial charge in [-0.15, -0.1) is 26.3 Å². The van der Waals surface area contributed by atoms with E-state index in [0.717, 1.165) is 90.5 Å². The molecule has 128 heavy (non-hydrogen) atoms. The van der Waals surface area contributed by atoms with Gasteiger partial charge in [-0.3, -0.25) is 0 Å². The first kappa shape index (κ1) is 109. The molecule has 0 saturated heterocycles. The van der Waals surface area contributed by atoms with Gasteiger partial charge >= 0.3 is 0 Å². The van der Waals surface area contributed by atoms with E-state index in [4.69, 9.17) is 56.8 Å². The molecular weight excluding hydrogens is 1710 g/mol. The van der Waals surface area contributed by atoms with E-state index < -0.39 is 61.1 Å². The van der Waals surface area contributed by atoms with Crippen molar-refractivity contribution < 1.29 is 90.5 Å². The Morgan fingerprint density at radius 2 is 0.344 bits per heavy atom. The predicted molar refractivity (Wildman–Crippen MR) is 514 cm³/mol. The first-order valence-electron chi connectivity index (χ1n) is 42.8. The van der Waals surface area contributed by atoms with Crippen LogP contribution in [0.3, 0.4) is 0 Å². The predicted octanol–water partition coefficient (Wildman–Crippen LogP) is 18.6. The van der Waals surface area contributed by atoms with Gasteiger partial charge in [0.2, 0.25) is 40.1 Å². The molecule has 8 aromatic carbocycles. The second-order valence-electron chi connectivity index (χ2n) is 31.3. The Morgan fingerprint density at radius 1 is 0.227 bits per heavy atom. The zero-order valence-electron chi connectivity index (χ0n) is 78.0. The van der Waals surface area contributed by atoms with Crippen LogP contribution in [0.4, 0.5) is 0 Å². The molecule has 0 spiro atoms. The van der Waals surface area contributed by atoms with Gasteiger partial charge < -0.3 is 56.8 Å². The van der Waals surface area contributed by atoms with E-state index in [2.05, 4.69) is 26.3 Å². The lowest BCUT2D eigenvalue weighted by atomic mass is 10.0. The molecule has 0 saturated carbocycles. The van der Waals surface area contributed by atoms with Crippen LogP contribution >= 0.6 is 0 Å². The van der Waals surface area contributed by atoms with Crippen molar-refractivity contribution in [3.8, 4) is 46.0 Å². The Balaban J connectivity index is 0.000000302. The molecule has 0 bridgehead atoms. The van der Waals surface area contributed by atoms with Crippen molar-refractivity contribution in [1.29, 1.82) is 0 Å². The minimum Gasteiger partial charge on any atom is -0.497 e. The van der Waals surface area contributed by atoms with Gasteiger partial charge in [0.25, 0.3) is 0 Å². The number of nitrogens with zero attached hydrogens (tertiary/aromatic N) is 4. The van der Waals surface area contributed by atoms with Crippen LogP contribution in [-0.2, 0) is 111 Å². The summed E-state index contributed by atoms with van der Waals surface area (Å²) in [5, 5.41) is -2.29. The third-order valence-corrected chi connectivity index (χ3v) is 32.0. The first-order chi connectivity index (χ1) is 61.4. The Hall–Kier alpha value is -9.40. The van der Waals surface area contributed by atoms with Crippen LogP contribution in [0.1, 0.15) is 124 Å². The summed E-state index contributed by atoms with van der Waals surface area (Å²) in [6.45, 7) is 26.7. The molecule has 704 valence electrons. The fourth-order valence-corrected chi connectivity index (χ4v) is 23.2. The van der Waals surface area contributed by atoms with Crippen LogP contribution in [-0.4, -0.2) is 184 Å². The highest BCUT2D eigenvalue weighted by atomic mass is 32.2. The van der Waals surface area contributed by atoms with Crippen LogP contribution in [0.5, 0.6) is 46.0 Å². The number of sulfonamides is 4. The summed E-state index contributed by atoms with van der Waals surface area (Å²) in [4.78, 5) is 0. The van der Waals surface area contributed by atoms with Crippen LogP contribution in [0.15, 0.2) is 245 Å². The molecule has 8 rings (SSSR count). The summed E-state index contributed by atoms with van der Waals surface area (Å²) in [5.41, 5.74) is 7.15. The molecule has 24 nitrogen and oxygen atoms in total. The van der Waals surface area contributed by atoms with Crippen LogP contribution in [0.25, 0.3) is 0 Å². The molecule has 0 aliphatic rings. The number of ether oxygens (including phenoxy) is 12. The number of hydrogen-bond acceptors (Lipinski definition) is 20. The molecule has 28 heteroatoms. The largest absolute Gasteiger partial charge is 0.497 e. The topological polar surface area (TPSA) is 260 Å². The molecule has 0 unspecified atom stereocenters. The normalized spacial score (nSPS) is 13.5. The monoisotopic (exact) mass is 1840 g/mol. The van der Waals surface area contributed by atoms with E-state index in [1.807, 2.05) is 222 Å². The molecular formula is C100H140N4O20S4. The van der Waals surface area contributed by atoms with Gasteiger partial charge in [0.15, 0.2) is 0 Å². The van der Waals surface area contributed by atoms with Gasteiger partial charge in [0.1, 0.15) is 46.0 Å². The minimum absolute atomic E-state index is 0.0816. The molecule has 0 aromatic heterocycles. The quantitative estimate of drug-likeness (QED) is 0.0321. The Labute approximate surface area is 766 Å². The number of allylic oxidation sites excluding steroid dienone is 4. The standard InChI is InChI=1S/4C25H35NO5S/c4*1-6-7-20(2)25(16-17-29-3)32(27,28)26(18-21-8-12-23(30-4)13-9-21)19-22-10-14-24(31-5)15-11-22/h4*6,8-15,20,25H,1,7,16-19H2,2-5H3/t2*20-,25+;2*20-,25-/m1010/s1. The van der Waals surface area contributed by atoms with Crippen molar-refractivity contribution in [3.63, 3.8) is 0 Å². The zero-order chi connectivity index (χ0) is 94.2. The van der Waals surface area contributed by atoms with Crippen molar-refractivity contribution in [2.24, 2.45) is 23.7 Å². The number of methoxy groups -OCH3 is 12. The second-order valence-corrected chi connectivity index (χ2v) is 39.9. The van der Waals surface area contributed by atoms with E-state index in [0.29, 0.717) is 77.8 Å². The maximum absolute atomic E-state index is 13.9. The molecule has 0 radical (unpaired) electrons. The van der Waals surface area contributed by atoms with Gasteiger partial charge in [-0.25, -0.2) is 33.7 Å². The van der Waals surface area contributed by atoms with Crippen molar-refractivity contribution in [1.82, 2.24) is 17.2 Å². The smallest absolute Gasteiger partial charge is 0.217 e. The summed E-state index contributed by atoms with van der Waals surface area (Å²) in [7, 11) is 4.66. The van der Waals surface area contributed by atoms with Gasteiger partial charge in [-0.1, -0.05) is 149 Å². The fourth-order valence-electron chi connectivity index (χ4n) is 14.7. The second kappa shape index (κ2) is 57.6. The highest BCUT2D eigenvalue weighted by Crippen LogP contribution is 2.34. The lowest BCUT2D eigenvalue weighted by molar-refractivity contribution is 0.187. The highest BCUT2D eigenvalue weighted by molar-refractivity contribution is 7.90. The number of rotatable bonds is 56. The zero-order valence-corrected chi connectivity index (χ0v) is 81.2. The molecule has 0 aliphatic heterocycles. The van der Waals surface area contributed by atoms with Crippen LogP contribution in [0, 0.1) is 23.7 Å². The SMILES string of the molecule is C=CC[C@@H](C)[C@@H](CCOC)S(=O)(=O)N(Cc1ccc(OC)cc1)Cc1ccc(OC)cc1.C=CC[C@@H](C)[C@H](CCOC)S(=O)(=O)N(Cc1ccc(OC)cc1)Cc1ccc(OC)cc1.C=CC[C@H](C)[C@@H](CCOC)S(=O)(=O)N(Cc1ccc(OC)cc1)Cc1ccc(OC)cc1.C=CC[C@H](C)[C@H](CCOC)S(=O)(=O)N(Cc1ccc(OC)cc1)Cc1ccc(OC)cc1. The summed E-state index contributed by atoms with van der Waals surface area (Å²) < 4.78 is 180. The third kappa shape index (κ3) is 35.1. The van der Waals surface area contributed by atoms with Gasteiger partial charge in [0.05, 0.1) is 77.9 Å². The van der Waals surface area contributed by atoms with Crippen molar-refractivity contribution >= 4 is 40.1 Å². The lowest BCUT2D eigenvalue weighted by Crippen LogP contribution is -2.41. The maximum Gasteiger partial charge on any atom is 0.217 e. The van der Waals surface area contributed by atoms with Crippen molar-refractivity contribution in [2.45, 2.75) is 152 Å². The summed E-state index contributed by atoms with van der Waals surface area (Å²) >= 11 is 0. The third-order valence-electron chi connectivity index (χ3n) is 22.2. The average Bonchev–Trinajstić information content (AvgIpc) is 0.812. The lowest BCUT2D eigenvalue weighted by Gasteiger charge is -2.31. The van der Waals surface area contributed by atoms with E-state index in [-0.39, 0.29) is 76.0 Å². The molecule has 0 N–H and O–H groups in total. The highest BCUT2D eigenvalue weighted by Gasteiger charge is 2.40. The maximum atomic E-state index is 13.9.